The van der Waals surface area contributed by atoms with Crippen LogP contribution in [0.5, 0.6) is 11.5 Å². The number of amidine groups is 1. The normalized spacial score (nSPS) is 13.6. The van der Waals surface area contributed by atoms with Crippen molar-refractivity contribution >= 4 is 17.2 Å². The van der Waals surface area contributed by atoms with Gasteiger partial charge in [0, 0.05) is 11.6 Å². The zero-order valence-electron chi connectivity index (χ0n) is 16.3. The van der Waals surface area contributed by atoms with Crippen LogP contribution < -0.4 is 9.75 Å². The Balaban J connectivity index is 1.72. The van der Waals surface area contributed by atoms with Gasteiger partial charge in [-0.1, -0.05) is 67.6 Å². The molecule has 3 aromatic carbocycles. The predicted octanol–water partition coefficient (Wildman–Crippen LogP) is 4.85. The van der Waals surface area contributed by atoms with E-state index in [1.165, 1.54) is 0 Å². The molecule has 0 aromatic heterocycles. The molecule has 1 aliphatic rings. The number of rotatable bonds is 6. The lowest BCUT2D eigenvalue weighted by Gasteiger charge is -2.26. The molecule has 0 bridgehead atoms. The number of aromatic hydroxyl groups is 1. The number of phenolic OH excluding ortho intramolecular Hbond substituents is 1. The van der Waals surface area contributed by atoms with E-state index in [2.05, 4.69) is 0 Å². The number of hydrazone groups is 1. The molecule has 1 aliphatic heterocycles. The molecule has 1 heterocycles. The molecule has 0 spiro atoms. The van der Waals surface area contributed by atoms with Crippen LogP contribution in [0.25, 0.3) is 0 Å². The van der Waals surface area contributed by atoms with Crippen molar-refractivity contribution in [3.63, 3.8) is 0 Å². The molecule has 3 aromatic rings. The average Bonchev–Trinajstić information content (AvgIpc) is 2.78. The Kier molecular flexibility index (Phi) is 5.56. The van der Waals surface area contributed by atoms with Gasteiger partial charge in [0.15, 0.2) is 5.84 Å². The van der Waals surface area contributed by atoms with Crippen molar-refractivity contribution in [3.8, 4) is 11.5 Å². The molecule has 1 N–H and O–H groups in total. The number of anilines is 1. The van der Waals surface area contributed by atoms with Crippen LogP contribution in [0.2, 0.25) is 0 Å². The molecule has 0 saturated heterocycles. The molecule has 0 atom stereocenters. The summed E-state index contributed by atoms with van der Waals surface area (Å²) in [6.45, 7) is 3.12. The van der Waals surface area contributed by atoms with Crippen LogP contribution in [-0.4, -0.2) is 29.8 Å². The molecule has 5 heteroatoms. The molecular weight excluding hydrogens is 362 g/mol. The molecule has 29 heavy (non-hydrogen) atoms. The number of benzene rings is 3. The maximum atomic E-state index is 10.6. The first-order valence-electron chi connectivity index (χ1n) is 9.75. The second-order valence-electron chi connectivity index (χ2n) is 6.77. The van der Waals surface area contributed by atoms with Crippen molar-refractivity contribution in [3.05, 3.63) is 90.0 Å². The van der Waals surface area contributed by atoms with Crippen LogP contribution in [0.4, 0.5) is 5.69 Å². The minimum atomic E-state index is 0.129. The molecule has 0 amide bonds. The molecule has 0 fully saturated rings. The van der Waals surface area contributed by atoms with E-state index in [0.29, 0.717) is 30.4 Å². The summed E-state index contributed by atoms with van der Waals surface area (Å²) in [5.41, 5.74) is 3.46. The van der Waals surface area contributed by atoms with Gasteiger partial charge in [-0.05, 0) is 24.1 Å². The lowest BCUT2D eigenvalue weighted by molar-refractivity contribution is 0.315. The Bertz CT molecular complexity index is 1030. The number of hydrogen-bond acceptors (Lipinski definition) is 5. The lowest BCUT2D eigenvalue weighted by Crippen LogP contribution is -2.31. The largest absolute Gasteiger partial charge is 0.506 e. The smallest absolute Gasteiger partial charge is 0.179 e. The highest BCUT2D eigenvalue weighted by Crippen LogP contribution is 2.33. The van der Waals surface area contributed by atoms with E-state index >= 15 is 0 Å². The molecular formula is C24H23N3O2. The van der Waals surface area contributed by atoms with Crippen LogP contribution in [-0.2, 0) is 0 Å². The third kappa shape index (κ3) is 4.29. The Morgan fingerprint density at radius 2 is 1.62 bits per heavy atom. The highest BCUT2D eigenvalue weighted by molar-refractivity contribution is 6.15. The Labute approximate surface area is 170 Å². The van der Waals surface area contributed by atoms with Crippen molar-refractivity contribution in [1.29, 1.82) is 0 Å². The fourth-order valence-electron chi connectivity index (χ4n) is 3.14. The number of phenols is 1. The SMILES string of the molecule is CCCOc1ccc(N2CC(c3ccccc3)=NC(c3ccccc3)=N2)c(O)c1. The van der Waals surface area contributed by atoms with Gasteiger partial charge in [0.1, 0.15) is 17.2 Å². The number of aliphatic imine (C=N–C) groups is 1. The fraction of sp³-hybridized carbons (Fsp3) is 0.167. The Morgan fingerprint density at radius 1 is 0.931 bits per heavy atom. The van der Waals surface area contributed by atoms with Gasteiger partial charge in [0.05, 0.1) is 18.9 Å². The summed E-state index contributed by atoms with van der Waals surface area (Å²) in [7, 11) is 0. The van der Waals surface area contributed by atoms with Crippen molar-refractivity contribution in [2.45, 2.75) is 13.3 Å². The first-order chi connectivity index (χ1) is 14.2. The van der Waals surface area contributed by atoms with Crippen LogP contribution in [0.15, 0.2) is 89.0 Å². The van der Waals surface area contributed by atoms with Gasteiger partial charge >= 0.3 is 0 Å². The lowest BCUT2D eigenvalue weighted by atomic mass is 10.1. The highest BCUT2D eigenvalue weighted by atomic mass is 16.5. The second-order valence-corrected chi connectivity index (χ2v) is 6.77. The average molecular weight is 385 g/mol. The summed E-state index contributed by atoms with van der Waals surface area (Å²) < 4.78 is 5.62. The van der Waals surface area contributed by atoms with E-state index in [4.69, 9.17) is 14.8 Å². The summed E-state index contributed by atoms with van der Waals surface area (Å²) in [4.78, 5) is 4.80. The van der Waals surface area contributed by atoms with Crippen molar-refractivity contribution < 1.29 is 9.84 Å². The molecule has 0 aliphatic carbocycles. The molecule has 0 unspecified atom stereocenters. The van der Waals surface area contributed by atoms with Gasteiger partial charge in [-0.15, -0.1) is 0 Å². The van der Waals surface area contributed by atoms with E-state index in [9.17, 15) is 5.11 Å². The fourth-order valence-corrected chi connectivity index (χ4v) is 3.14. The maximum absolute atomic E-state index is 10.6. The number of nitrogens with zero attached hydrogens (tertiary/aromatic N) is 3. The number of ether oxygens (including phenoxy) is 1. The van der Waals surface area contributed by atoms with Gasteiger partial charge in [-0.3, -0.25) is 5.01 Å². The van der Waals surface area contributed by atoms with Gasteiger partial charge < -0.3 is 9.84 Å². The maximum Gasteiger partial charge on any atom is 0.179 e. The first-order valence-corrected chi connectivity index (χ1v) is 9.75. The molecule has 146 valence electrons. The van der Waals surface area contributed by atoms with E-state index in [1.54, 1.807) is 11.1 Å². The van der Waals surface area contributed by atoms with Gasteiger partial charge in [0.2, 0.25) is 0 Å². The molecule has 0 radical (unpaired) electrons. The van der Waals surface area contributed by atoms with Crippen LogP contribution in [0.1, 0.15) is 24.5 Å². The van der Waals surface area contributed by atoms with Crippen LogP contribution in [0.3, 0.4) is 0 Å². The first kappa shape index (κ1) is 18.7. The van der Waals surface area contributed by atoms with E-state index in [1.807, 2.05) is 79.7 Å². The van der Waals surface area contributed by atoms with Crippen LogP contribution in [0, 0.1) is 0 Å². The van der Waals surface area contributed by atoms with Crippen molar-refractivity contribution in [2.24, 2.45) is 10.1 Å². The van der Waals surface area contributed by atoms with E-state index < -0.39 is 0 Å². The second kappa shape index (κ2) is 8.61. The van der Waals surface area contributed by atoms with Gasteiger partial charge in [0.25, 0.3) is 0 Å². The summed E-state index contributed by atoms with van der Waals surface area (Å²) in [6.07, 6.45) is 0.913. The highest BCUT2D eigenvalue weighted by Gasteiger charge is 2.21. The van der Waals surface area contributed by atoms with Gasteiger partial charge in [-0.25, -0.2) is 4.99 Å². The summed E-state index contributed by atoms with van der Waals surface area (Å²) in [6, 6.07) is 25.2. The van der Waals surface area contributed by atoms with Crippen molar-refractivity contribution in [1.82, 2.24) is 0 Å². The monoisotopic (exact) mass is 385 g/mol. The molecule has 4 rings (SSSR count). The zero-order valence-corrected chi connectivity index (χ0v) is 16.3. The Morgan fingerprint density at radius 3 is 2.28 bits per heavy atom. The molecule has 5 nitrogen and oxygen atoms in total. The van der Waals surface area contributed by atoms with E-state index in [-0.39, 0.29) is 5.75 Å². The third-order valence-corrected chi connectivity index (χ3v) is 4.59. The third-order valence-electron chi connectivity index (χ3n) is 4.59. The quantitative estimate of drug-likeness (QED) is 0.660. The van der Waals surface area contributed by atoms with Crippen LogP contribution >= 0.6 is 0 Å². The summed E-state index contributed by atoms with van der Waals surface area (Å²) >= 11 is 0. The number of hydrogen-bond donors (Lipinski definition) is 1. The standard InChI is InChI=1S/C24H23N3O2/c1-2-15-29-20-13-14-22(23(28)16-20)27-17-21(18-9-5-3-6-10-18)25-24(26-27)19-11-7-4-8-12-19/h3-14,16,28H,2,15,17H2,1H3. The van der Waals surface area contributed by atoms with Gasteiger partial charge in [-0.2, -0.15) is 5.10 Å². The summed E-state index contributed by atoms with van der Waals surface area (Å²) in [5, 5.41) is 17.1. The van der Waals surface area contributed by atoms with E-state index in [0.717, 1.165) is 23.3 Å². The minimum Gasteiger partial charge on any atom is -0.506 e. The minimum absolute atomic E-state index is 0.129. The van der Waals surface area contributed by atoms with Crippen molar-refractivity contribution in [2.75, 3.05) is 18.2 Å². The Hall–Kier alpha value is -3.60. The summed E-state index contributed by atoms with van der Waals surface area (Å²) in [5.74, 6) is 1.39. The topological polar surface area (TPSA) is 57.4 Å². The predicted molar refractivity (Wildman–Crippen MR) is 117 cm³/mol. The zero-order chi connectivity index (χ0) is 20.1. The molecule has 0 saturated carbocycles.